The number of hydrogen-bond donors (Lipinski definition) is 1. The quantitative estimate of drug-likeness (QED) is 0.673. The van der Waals surface area contributed by atoms with Gasteiger partial charge in [0.1, 0.15) is 5.75 Å². The van der Waals surface area contributed by atoms with E-state index >= 15 is 0 Å². The van der Waals surface area contributed by atoms with Gasteiger partial charge in [0.05, 0.1) is 19.2 Å². The van der Waals surface area contributed by atoms with Crippen LogP contribution in [0.2, 0.25) is 0 Å². The highest BCUT2D eigenvalue weighted by Crippen LogP contribution is 2.20. The number of ether oxygens (including phenoxy) is 1. The Morgan fingerprint density at radius 1 is 1.08 bits per heavy atom. The van der Waals surface area contributed by atoms with E-state index in [9.17, 15) is 4.79 Å². The smallest absolute Gasteiger partial charge is 0.244 e. The van der Waals surface area contributed by atoms with Gasteiger partial charge in [-0.3, -0.25) is 4.79 Å². The number of carbonyl (C=O) groups excluding carboxylic acids is 1. The van der Waals surface area contributed by atoms with Crippen molar-refractivity contribution in [2.45, 2.75) is 34.1 Å². The molecule has 2 aromatic rings. The van der Waals surface area contributed by atoms with Crippen LogP contribution in [-0.2, 0) is 11.2 Å². The molecule has 0 atom stereocenters. The molecule has 0 heterocycles. The number of rotatable bonds is 5. The molecule has 1 amide bonds. The number of hydrogen-bond acceptors (Lipinski definition) is 3. The minimum Gasteiger partial charge on any atom is -0.496 e. The number of nitrogens with zero attached hydrogens (tertiary/aromatic N) is 1. The highest BCUT2D eigenvalue weighted by molar-refractivity contribution is 6.01. The van der Waals surface area contributed by atoms with Crippen LogP contribution in [0.1, 0.15) is 34.7 Å². The molecule has 4 heteroatoms. The molecule has 0 aliphatic heterocycles. The standard InChI is InChI=1S/C20H24N2O2/c1-13-6-8-17(15(3)10-13)12-20(23)22-21-16(4)18-11-14(2)7-9-19(18)24-5/h6-11H,12H2,1-5H3,(H,22,23)/b21-16-. The highest BCUT2D eigenvalue weighted by atomic mass is 16.5. The Hall–Kier alpha value is -2.62. The van der Waals surface area contributed by atoms with E-state index in [-0.39, 0.29) is 5.91 Å². The van der Waals surface area contributed by atoms with E-state index in [0.29, 0.717) is 12.1 Å². The summed E-state index contributed by atoms with van der Waals surface area (Å²) in [7, 11) is 1.63. The molecule has 126 valence electrons. The van der Waals surface area contributed by atoms with Gasteiger partial charge in [-0.25, -0.2) is 5.43 Å². The maximum atomic E-state index is 12.2. The zero-order valence-corrected chi connectivity index (χ0v) is 14.9. The first-order valence-electron chi connectivity index (χ1n) is 7.95. The summed E-state index contributed by atoms with van der Waals surface area (Å²) < 4.78 is 5.36. The van der Waals surface area contributed by atoms with Crippen LogP contribution in [0.3, 0.4) is 0 Å². The van der Waals surface area contributed by atoms with Crippen LogP contribution in [-0.4, -0.2) is 18.7 Å². The molecule has 0 fully saturated rings. The Morgan fingerprint density at radius 3 is 2.42 bits per heavy atom. The van der Waals surface area contributed by atoms with E-state index < -0.39 is 0 Å². The molecular formula is C20H24N2O2. The number of hydrazone groups is 1. The fraction of sp³-hybridized carbons (Fsp3) is 0.300. The van der Waals surface area contributed by atoms with Crippen LogP contribution < -0.4 is 10.2 Å². The van der Waals surface area contributed by atoms with Crippen LogP contribution in [0.25, 0.3) is 0 Å². The summed E-state index contributed by atoms with van der Waals surface area (Å²) in [5.41, 5.74) is 8.66. The molecule has 2 rings (SSSR count). The molecule has 0 aliphatic rings. The van der Waals surface area contributed by atoms with Crippen molar-refractivity contribution in [3.8, 4) is 5.75 Å². The molecule has 24 heavy (non-hydrogen) atoms. The predicted molar refractivity (Wildman–Crippen MR) is 97.7 cm³/mol. The lowest BCUT2D eigenvalue weighted by Gasteiger charge is -2.10. The molecular weight excluding hydrogens is 300 g/mol. The molecule has 0 bridgehead atoms. The third-order valence-corrected chi connectivity index (χ3v) is 3.94. The number of nitrogens with one attached hydrogen (secondary N) is 1. The zero-order valence-electron chi connectivity index (χ0n) is 14.9. The average molecular weight is 324 g/mol. The average Bonchev–Trinajstić information content (AvgIpc) is 2.55. The maximum Gasteiger partial charge on any atom is 0.244 e. The van der Waals surface area contributed by atoms with Gasteiger partial charge in [0, 0.05) is 5.56 Å². The van der Waals surface area contributed by atoms with Gasteiger partial charge in [0.15, 0.2) is 0 Å². The van der Waals surface area contributed by atoms with Gasteiger partial charge in [-0.05, 0) is 51.0 Å². The summed E-state index contributed by atoms with van der Waals surface area (Å²) in [4.78, 5) is 12.2. The molecule has 2 aromatic carbocycles. The van der Waals surface area contributed by atoms with E-state index in [2.05, 4.69) is 16.6 Å². The predicted octanol–water partition coefficient (Wildman–Crippen LogP) is 3.70. The summed E-state index contributed by atoms with van der Waals surface area (Å²) >= 11 is 0. The molecule has 0 spiro atoms. The largest absolute Gasteiger partial charge is 0.496 e. The number of aryl methyl sites for hydroxylation is 3. The number of benzene rings is 2. The first-order valence-corrected chi connectivity index (χ1v) is 7.95. The van der Waals surface area contributed by atoms with Gasteiger partial charge < -0.3 is 4.74 Å². The number of amides is 1. The Bertz CT molecular complexity index is 779. The van der Waals surface area contributed by atoms with Gasteiger partial charge in [0.2, 0.25) is 5.91 Å². The Morgan fingerprint density at radius 2 is 1.75 bits per heavy atom. The van der Waals surface area contributed by atoms with Crippen LogP contribution in [0.4, 0.5) is 0 Å². The first kappa shape index (κ1) is 17.7. The SMILES string of the molecule is COc1ccc(C)cc1/C(C)=N\NC(=O)Cc1ccc(C)cc1C. The number of methoxy groups -OCH3 is 1. The second-order valence-electron chi connectivity index (χ2n) is 6.04. The van der Waals surface area contributed by atoms with E-state index in [1.807, 2.05) is 58.0 Å². The minimum atomic E-state index is -0.132. The van der Waals surface area contributed by atoms with Crippen molar-refractivity contribution in [2.24, 2.45) is 5.10 Å². The van der Waals surface area contributed by atoms with Gasteiger partial charge in [0.25, 0.3) is 0 Å². The normalized spacial score (nSPS) is 11.3. The molecule has 0 unspecified atom stereocenters. The Labute approximate surface area is 143 Å². The van der Waals surface area contributed by atoms with Crippen molar-refractivity contribution in [3.63, 3.8) is 0 Å². The van der Waals surface area contributed by atoms with Crippen LogP contribution in [0.5, 0.6) is 5.75 Å². The second-order valence-corrected chi connectivity index (χ2v) is 6.04. The lowest BCUT2D eigenvalue weighted by molar-refractivity contribution is -0.120. The molecule has 4 nitrogen and oxygen atoms in total. The van der Waals surface area contributed by atoms with Crippen LogP contribution in [0.15, 0.2) is 41.5 Å². The topological polar surface area (TPSA) is 50.7 Å². The maximum absolute atomic E-state index is 12.2. The van der Waals surface area contributed by atoms with E-state index in [1.54, 1.807) is 7.11 Å². The summed E-state index contributed by atoms with van der Waals surface area (Å²) in [6.07, 6.45) is 0.313. The van der Waals surface area contributed by atoms with Crippen molar-refractivity contribution < 1.29 is 9.53 Å². The molecule has 0 aliphatic carbocycles. The molecule has 1 N–H and O–H groups in total. The van der Waals surface area contributed by atoms with Crippen molar-refractivity contribution >= 4 is 11.6 Å². The van der Waals surface area contributed by atoms with Crippen molar-refractivity contribution in [3.05, 3.63) is 64.2 Å². The van der Waals surface area contributed by atoms with E-state index in [1.165, 1.54) is 5.56 Å². The van der Waals surface area contributed by atoms with Crippen LogP contribution in [0, 0.1) is 20.8 Å². The molecule has 0 radical (unpaired) electrons. The Balaban J connectivity index is 2.09. The van der Waals surface area contributed by atoms with Gasteiger partial charge in [-0.1, -0.05) is 35.4 Å². The number of carbonyl (C=O) groups is 1. The first-order chi connectivity index (χ1) is 11.4. The lowest BCUT2D eigenvalue weighted by atomic mass is 10.0. The fourth-order valence-electron chi connectivity index (χ4n) is 2.57. The summed E-state index contributed by atoms with van der Waals surface area (Å²) in [6.45, 7) is 7.92. The van der Waals surface area contributed by atoms with Crippen LogP contribution >= 0.6 is 0 Å². The Kier molecular flexibility index (Phi) is 5.74. The summed E-state index contributed by atoms with van der Waals surface area (Å²) in [6, 6.07) is 12.0. The van der Waals surface area contributed by atoms with E-state index in [4.69, 9.17) is 4.74 Å². The van der Waals surface area contributed by atoms with Crippen molar-refractivity contribution in [1.82, 2.24) is 5.43 Å². The zero-order chi connectivity index (χ0) is 17.7. The van der Waals surface area contributed by atoms with Crippen molar-refractivity contribution in [1.29, 1.82) is 0 Å². The molecule has 0 saturated carbocycles. The van der Waals surface area contributed by atoms with E-state index in [0.717, 1.165) is 28.0 Å². The van der Waals surface area contributed by atoms with Gasteiger partial charge in [-0.2, -0.15) is 5.10 Å². The summed E-state index contributed by atoms with van der Waals surface area (Å²) in [5.74, 6) is 0.610. The second kappa shape index (κ2) is 7.77. The summed E-state index contributed by atoms with van der Waals surface area (Å²) in [5, 5.41) is 4.22. The molecule has 0 aromatic heterocycles. The fourth-order valence-corrected chi connectivity index (χ4v) is 2.57. The van der Waals surface area contributed by atoms with Gasteiger partial charge >= 0.3 is 0 Å². The third-order valence-electron chi connectivity index (χ3n) is 3.94. The molecule has 0 saturated heterocycles. The van der Waals surface area contributed by atoms with Crippen molar-refractivity contribution in [2.75, 3.05) is 7.11 Å². The third kappa shape index (κ3) is 4.44. The highest BCUT2D eigenvalue weighted by Gasteiger charge is 2.09. The minimum absolute atomic E-state index is 0.132. The monoisotopic (exact) mass is 324 g/mol. The van der Waals surface area contributed by atoms with Gasteiger partial charge in [-0.15, -0.1) is 0 Å². The lowest BCUT2D eigenvalue weighted by Crippen LogP contribution is -2.21.